The van der Waals surface area contributed by atoms with Gasteiger partial charge >= 0.3 is 0 Å². The largest absolute Gasteiger partial charge is 0.393 e. The average molecular weight is 425 g/mol. The van der Waals surface area contributed by atoms with Crippen molar-refractivity contribution in [2.75, 3.05) is 0 Å². The molecule has 0 spiro atoms. The fourth-order valence-corrected chi connectivity index (χ4v) is 3.07. The Morgan fingerprint density at radius 3 is 2.58 bits per heavy atom. The van der Waals surface area contributed by atoms with Crippen molar-refractivity contribution >= 4 is 38.6 Å². The van der Waals surface area contributed by atoms with Crippen molar-refractivity contribution in [3.8, 4) is 0 Å². The van der Waals surface area contributed by atoms with Crippen LogP contribution in [0.25, 0.3) is 10.9 Å². The predicted molar refractivity (Wildman–Crippen MR) is 104 cm³/mol. The summed E-state index contributed by atoms with van der Waals surface area (Å²) in [6.07, 6.45) is 0.0434. The molecular weight excluding hydrogens is 400 g/mol. The second-order valence-corrected chi connectivity index (χ2v) is 8.46. The number of hydrogen-bond acceptors (Lipinski definition) is 4. The lowest BCUT2D eigenvalue weighted by molar-refractivity contribution is -0.122. The number of primary amides is 1. The Hall–Kier alpha value is -1.93. The highest BCUT2D eigenvalue weighted by Gasteiger charge is 2.32. The number of nitrogens with two attached hydrogens (primary N) is 1. The molecule has 26 heavy (non-hydrogen) atoms. The predicted octanol–water partition coefficient (Wildman–Crippen LogP) is 2.20. The van der Waals surface area contributed by atoms with E-state index in [0.717, 1.165) is 9.99 Å². The smallest absolute Gasteiger partial charge is 0.273 e. The minimum absolute atomic E-state index is 0.224. The minimum atomic E-state index is -0.820. The zero-order valence-electron chi connectivity index (χ0n) is 15.4. The molecule has 0 radical (unpaired) electrons. The Kier molecular flexibility index (Phi) is 6.08. The van der Waals surface area contributed by atoms with Crippen molar-refractivity contribution < 1.29 is 14.7 Å². The molecule has 1 heterocycles. The zero-order chi connectivity index (χ0) is 19.6. The number of carbonyl (C=O) groups is 2. The summed E-state index contributed by atoms with van der Waals surface area (Å²) in [5.41, 5.74) is 5.94. The number of nitrogens with one attached hydrogen (secondary N) is 1. The monoisotopic (exact) mass is 424 g/mol. The highest BCUT2D eigenvalue weighted by atomic mass is 79.9. The van der Waals surface area contributed by atoms with E-state index in [1.807, 2.05) is 39.0 Å². The van der Waals surface area contributed by atoms with Crippen LogP contribution in [0.3, 0.4) is 0 Å². The van der Waals surface area contributed by atoms with E-state index in [0.29, 0.717) is 18.4 Å². The third-order valence-corrected chi connectivity index (χ3v) is 4.61. The molecule has 1 aromatic heterocycles. The quantitative estimate of drug-likeness (QED) is 0.659. The van der Waals surface area contributed by atoms with Gasteiger partial charge < -0.3 is 16.2 Å². The highest BCUT2D eigenvalue weighted by Crippen LogP contribution is 2.25. The summed E-state index contributed by atoms with van der Waals surface area (Å²) in [6.45, 7) is 7.67. The number of rotatable bonds is 6. The van der Waals surface area contributed by atoms with E-state index in [1.54, 1.807) is 11.6 Å². The van der Waals surface area contributed by atoms with Crippen molar-refractivity contribution in [2.45, 2.75) is 52.8 Å². The molecule has 4 N–H and O–H groups in total. The molecule has 0 fully saturated rings. The maximum Gasteiger partial charge on any atom is 0.273 e. The molecular formula is C18H25BrN4O3. The maximum atomic E-state index is 12.8. The van der Waals surface area contributed by atoms with Gasteiger partial charge in [-0.1, -0.05) is 36.7 Å². The number of fused-ring (bicyclic) bond motifs is 1. The van der Waals surface area contributed by atoms with E-state index >= 15 is 0 Å². The molecule has 1 aromatic carbocycles. The van der Waals surface area contributed by atoms with Crippen LogP contribution in [-0.2, 0) is 11.3 Å². The third-order valence-electron chi connectivity index (χ3n) is 4.11. The van der Waals surface area contributed by atoms with Crippen LogP contribution in [0.15, 0.2) is 22.7 Å². The van der Waals surface area contributed by atoms with Crippen LogP contribution in [0.4, 0.5) is 0 Å². The Bertz CT molecular complexity index is 824. The van der Waals surface area contributed by atoms with Gasteiger partial charge in [-0.15, -0.1) is 0 Å². The second-order valence-electron chi connectivity index (χ2n) is 7.55. The average Bonchev–Trinajstić information content (AvgIpc) is 2.86. The first-order valence-corrected chi connectivity index (χ1v) is 9.24. The third kappa shape index (κ3) is 4.62. The Morgan fingerprint density at radius 2 is 2.04 bits per heavy atom. The van der Waals surface area contributed by atoms with Gasteiger partial charge in [0.2, 0.25) is 5.91 Å². The number of aromatic nitrogens is 2. The molecule has 2 aromatic rings. The zero-order valence-corrected chi connectivity index (χ0v) is 17.0. The molecule has 0 saturated heterocycles. The number of hydrogen-bond donors (Lipinski definition) is 3. The van der Waals surface area contributed by atoms with Gasteiger partial charge in [-0.25, -0.2) is 0 Å². The molecule has 7 nitrogen and oxygen atoms in total. The van der Waals surface area contributed by atoms with Crippen LogP contribution in [-0.4, -0.2) is 38.8 Å². The molecule has 2 atom stereocenters. The van der Waals surface area contributed by atoms with Crippen molar-refractivity contribution in [3.05, 3.63) is 28.4 Å². The molecule has 0 bridgehead atoms. The topological polar surface area (TPSA) is 110 Å². The van der Waals surface area contributed by atoms with E-state index in [4.69, 9.17) is 5.73 Å². The molecule has 0 aliphatic heterocycles. The van der Waals surface area contributed by atoms with Crippen LogP contribution in [0.2, 0.25) is 0 Å². The normalized spacial score (nSPS) is 14.2. The Morgan fingerprint density at radius 1 is 1.38 bits per heavy atom. The SMILES string of the molecule is CC(O)CCn1nc(C(=O)N[C@H](C(N)=O)C(C)(C)C)c2cc(Br)ccc21. The standard InChI is InChI=1S/C18H25BrN4O3/c1-10(24)7-8-23-13-6-5-11(19)9-12(13)14(22-23)17(26)21-15(16(20)25)18(2,3)4/h5-6,9-10,15,24H,7-8H2,1-4H3,(H2,20,25)(H,21,26)/t10?,15-/m1/s1. The fraction of sp³-hybridized carbons (Fsp3) is 0.500. The summed E-state index contributed by atoms with van der Waals surface area (Å²) in [5, 5.41) is 17.3. The lowest BCUT2D eigenvalue weighted by atomic mass is 9.86. The fourth-order valence-electron chi connectivity index (χ4n) is 2.71. The number of nitrogens with zero attached hydrogens (tertiary/aromatic N) is 2. The molecule has 2 amide bonds. The lowest BCUT2D eigenvalue weighted by Crippen LogP contribution is -2.52. The summed E-state index contributed by atoms with van der Waals surface area (Å²) >= 11 is 3.41. The lowest BCUT2D eigenvalue weighted by Gasteiger charge is -2.28. The van der Waals surface area contributed by atoms with E-state index in [1.165, 1.54) is 0 Å². The first-order chi connectivity index (χ1) is 12.0. The van der Waals surface area contributed by atoms with E-state index in [2.05, 4.69) is 26.3 Å². The Labute approximate surface area is 161 Å². The summed E-state index contributed by atoms with van der Waals surface area (Å²) < 4.78 is 2.51. The van der Waals surface area contributed by atoms with Crippen molar-refractivity contribution in [3.63, 3.8) is 0 Å². The van der Waals surface area contributed by atoms with Crippen molar-refractivity contribution in [1.82, 2.24) is 15.1 Å². The molecule has 0 saturated carbocycles. The van der Waals surface area contributed by atoms with Gasteiger partial charge in [0.05, 0.1) is 11.6 Å². The number of aliphatic hydroxyl groups is 1. The van der Waals surface area contributed by atoms with Crippen LogP contribution in [0.5, 0.6) is 0 Å². The number of carbonyl (C=O) groups excluding carboxylic acids is 2. The Balaban J connectivity index is 2.42. The van der Waals surface area contributed by atoms with Gasteiger partial charge in [0, 0.05) is 16.4 Å². The van der Waals surface area contributed by atoms with Gasteiger partial charge in [-0.3, -0.25) is 14.3 Å². The molecule has 2 rings (SSSR count). The van der Waals surface area contributed by atoms with Crippen LogP contribution < -0.4 is 11.1 Å². The summed E-state index contributed by atoms with van der Waals surface area (Å²) in [4.78, 5) is 24.6. The van der Waals surface area contributed by atoms with Crippen LogP contribution in [0.1, 0.15) is 44.6 Å². The molecule has 142 valence electrons. The first kappa shape index (κ1) is 20.4. The number of aryl methyl sites for hydroxylation is 1. The molecule has 1 unspecified atom stereocenters. The van der Waals surface area contributed by atoms with E-state index < -0.39 is 29.4 Å². The number of halogens is 1. The van der Waals surface area contributed by atoms with Crippen molar-refractivity contribution in [2.24, 2.45) is 11.1 Å². The van der Waals surface area contributed by atoms with E-state index in [-0.39, 0.29) is 5.69 Å². The summed E-state index contributed by atoms with van der Waals surface area (Å²) in [6, 6.07) is 4.72. The van der Waals surface area contributed by atoms with Crippen LogP contribution in [0, 0.1) is 5.41 Å². The van der Waals surface area contributed by atoms with Gasteiger partial charge in [-0.05, 0) is 37.0 Å². The number of benzene rings is 1. The van der Waals surface area contributed by atoms with Crippen LogP contribution >= 0.6 is 15.9 Å². The minimum Gasteiger partial charge on any atom is -0.393 e. The van der Waals surface area contributed by atoms with Crippen molar-refractivity contribution in [1.29, 1.82) is 0 Å². The summed E-state index contributed by atoms with van der Waals surface area (Å²) in [7, 11) is 0. The molecule has 0 aliphatic rings. The number of amides is 2. The molecule has 0 aliphatic carbocycles. The second kappa shape index (κ2) is 7.75. The van der Waals surface area contributed by atoms with Gasteiger partial charge in [0.25, 0.3) is 5.91 Å². The van der Waals surface area contributed by atoms with E-state index in [9.17, 15) is 14.7 Å². The first-order valence-electron chi connectivity index (χ1n) is 8.45. The summed E-state index contributed by atoms with van der Waals surface area (Å²) in [5.74, 6) is -1.05. The van der Waals surface area contributed by atoms with Gasteiger partial charge in [-0.2, -0.15) is 5.10 Å². The number of aliphatic hydroxyl groups excluding tert-OH is 1. The van der Waals surface area contributed by atoms with Gasteiger partial charge in [0.15, 0.2) is 5.69 Å². The van der Waals surface area contributed by atoms with Gasteiger partial charge in [0.1, 0.15) is 6.04 Å². The highest BCUT2D eigenvalue weighted by molar-refractivity contribution is 9.10. The maximum absolute atomic E-state index is 12.8. The molecule has 8 heteroatoms.